The van der Waals surface area contributed by atoms with Crippen LogP contribution in [-0.4, -0.2) is 15.9 Å². The summed E-state index contributed by atoms with van der Waals surface area (Å²) in [5.41, 5.74) is 1.36. The third-order valence-corrected chi connectivity index (χ3v) is 1.96. The summed E-state index contributed by atoms with van der Waals surface area (Å²) in [6.45, 7) is 12.3. The van der Waals surface area contributed by atoms with E-state index in [1.807, 2.05) is 34.7 Å². The summed E-state index contributed by atoms with van der Waals surface area (Å²) in [5, 5.41) is 3.35. The molecule has 0 unspecified atom stereocenters. The molecule has 0 aliphatic heterocycles. The molecule has 1 heterocycles. The first-order valence-electron chi connectivity index (χ1n) is 6.13. The van der Waals surface area contributed by atoms with Crippen molar-refractivity contribution in [2.75, 3.05) is 6.54 Å². The molecule has 0 saturated carbocycles. The van der Waals surface area contributed by atoms with Crippen molar-refractivity contribution in [3.63, 3.8) is 0 Å². The lowest BCUT2D eigenvalue weighted by Gasteiger charge is -2.20. The minimum atomic E-state index is 0.995. The number of aromatic nitrogens is 2. The minimum Gasteiger partial charge on any atom is -0.311 e. The molecule has 1 aromatic rings. The fraction of sp³-hybridized carbons (Fsp3) is 0.833. The van der Waals surface area contributed by atoms with Crippen molar-refractivity contribution in [3.8, 4) is 0 Å². The van der Waals surface area contributed by atoms with E-state index in [9.17, 15) is 0 Å². The maximum atomic E-state index is 3.35. The zero-order valence-electron chi connectivity index (χ0n) is 11.6. The first-order chi connectivity index (χ1) is 7.25. The van der Waals surface area contributed by atoms with Crippen LogP contribution in [0.1, 0.15) is 46.7 Å². The third kappa shape index (κ3) is 6.39. The Morgan fingerprint density at radius 3 is 2.00 bits per heavy atom. The summed E-state index contributed by atoms with van der Waals surface area (Å²) in [6, 6.07) is 0. The molecule has 15 heavy (non-hydrogen) atoms. The molecule has 1 aromatic heterocycles. The molecule has 3 nitrogen and oxygen atoms in total. The highest BCUT2D eigenvalue weighted by molar-refractivity contribution is 4.98. The maximum Gasteiger partial charge on any atom is 0.0660 e. The van der Waals surface area contributed by atoms with Gasteiger partial charge in [-0.05, 0) is 13.0 Å². The van der Waals surface area contributed by atoms with Crippen LogP contribution in [0.3, 0.4) is 0 Å². The van der Waals surface area contributed by atoms with Gasteiger partial charge in [0.1, 0.15) is 0 Å². The normalized spacial score (nSPS) is 8.73. The molecule has 0 amide bonds. The first kappa shape index (κ1) is 16.7. The zero-order valence-corrected chi connectivity index (χ0v) is 11.6. The molecule has 0 aliphatic carbocycles. The summed E-state index contributed by atoms with van der Waals surface area (Å²) in [4.78, 5) is 0. The predicted octanol–water partition coefficient (Wildman–Crippen LogP) is 2.92. The fourth-order valence-corrected chi connectivity index (χ4v) is 1.09. The number of aryl methyl sites for hydroxylation is 1. The average molecular weight is 215 g/mol. The van der Waals surface area contributed by atoms with Crippen LogP contribution >= 0.6 is 0 Å². The van der Waals surface area contributed by atoms with E-state index in [0.29, 0.717) is 0 Å². The maximum absolute atomic E-state index is 3.35. The molecule has 0 aliphatic rings. The van der Waals surface area contributed by atoms with Gasteiger partial charge in [0.15, 0.2) is 0 Å². The number of hydrogen-bond acceptors (Lipinski definition) is 1. The molecule has 0 spiro atoms. The lowest BCUT2D eigenvalue weighted by atomic mass is 10.4. The van der Waals surface area contributed by atoms with Gasteiger partial charge in [-0.3, -0.25) is 9.36 Å². The van der Waals surface area contributed by atoms with Crippen molar-refractivity contribution in [1.29, 1.82) is 0 Å². The Labute approximate surface area is 95.4 Å². The minimum absolute atomic E-state index is 0.995. The van der Waals surface area contributed by atoms with Crippen LogP contribution in [0.25, 0.3) is 0 Å². The van der Waals surface area contributed by atoms with Crippen LogP contribution in [0.2, 0.25) is 0 Å². The van der Waals surface area contributed by atoms with Crippen LogP contribution in [0.5, 0.6) is 0 Å². The van der Waals surface area contributed by atoms with Gasteiger partial charge >= 0.3 is 0 Å². The van der Waals surface area contributed by atoms with E-state index in [4.69, 9.17) is 0 Å². The van der Waals surface area contributed by atoms with Gasteiger partial charge in [0.05, 0.1) is 5.69 Å². The summed E-state index contributed by atoms with van der Waals surface area (Å²) in [6.07, 6.45) is 3.34. The molecule has 0 saturated heterocycles. The third-order valence-electron chi connectivity index (χ3n) is 1.96. The highest BCUT2D eigenvalue weighted by atomic mass is 15.4. The second kappa shape index (κ2) is 11.4. The Morgan fingerprint density at radius 2 is 1.67 bits per heavy atom. The van der Waals surface area contributed by atoms with Crippen molar-refractivity contribution < 1.29 is 0 Å². The Hall–Kier alpha value is -0.700. The van der Waals surface area contributed by atoms with E-state index in [1.165, 1.54) is 12.1 Å². The standard InChI is InChI=1S/C8H17N3.2C2H6/c1-4-5-9-6-8-7-10(2)11(8)3;2*1-2/h7,9H,4-6H2,1-3H3;2*1-2H3. The van der Waals surface area contributed by atoms with E-state index in [2.05, 4.69) is 34.8 Å². The average Bonchev–Trinajstić information content (AvgIpc) is 2.33. The van der Waals surface area contributed by atoms with E-state index in [1.54, 1.807) is 0 Å². The summed E-state index contributed by atoms with van der Waals surface area (Å²) in [5.74, 6) is 0. The molecule has 0 bridgehead atoms. The van der Waals surface area contributed by atoms with Gasteiger partial charge in [0, 0.05) is 26.8 Å². The summed E-state index contributed by atoms with van der Waals surface area (Å²) >= 11 is 0. The fourth-order valence-electron chi connectivity index (χ4n) is 1.09. The Bertz CT molecular complexity index is 211. The smallest absolute Gasteiger partial charge is 0.0660 e. The highest BCUT2D eigenvalue weighted by Crippen LogP contribution is 1.99. The van der Waals surface area contributed by atoms with Crippen LogP contribution < -0.4 is 5.32 Å². The molecule has 92 valence electrons. The number of rotatable bonds is 4. The molecular formula is C12H29N3. The molecule has 1 N–H and O–H groups in total. The first-order valence-corrected chi connectivity index (χ1v) is 6.13. The number of nitrogens with one attached hydrogen (secondary N) is 1. The number of hydrogen-bond donors (Lipinski definition) is 1. The highest BCUT2D eigenvalue weighted by Gasteiger charge is 2.01. The monoisotopic (exact) mass is 215 g/mol. The second-order valence-electron chi connectivity index (χ2n) is 2.89. The van der Waals surface area contributed by atoms with Gasteiger partial charge in [0.2, 0.25) is 0 Å². The largest absolute Gasteiger partial charge is 0.311 e. The Balaban J connectivity index is 0. The van der Waals surface area contributed by atoms with Crippen molar-refractivity contribution in [2.45, 2.75) is 47.6 Å². The SMILES string of the molecule is CC.CC.CCCNCc1cn(C)n1C. The van der Waals surface area contributed by atoms with E-state index in [0.717, 1.165) is 13.1 Å². The number of nitrogens with zero attached hydrogens (tertiary/aromatic N) is 2. The van der Waals surface area contributed by atoms with Gasteiger partial charge < -0.3 is 5.32 Å². The zero-order chi connectivity index (χ0) is 12.3. The van der Waals surface area contributed by atoms with Crippen molar-refractivity contribution >= 4 is 0 Å². The van der Waals surface area contributed by atoms with Crippen LogP contribution in [0.15, 0.2) is 6.20 Å². The topological polar surface area (TPSA) is 21.9 Å². The molecular weight excluding hydrogens is 186 g/mol. The van der Waals surface area contributed by atoms with Crippen LogP contribution in [0.4, 0.5) is 0 Å². The van der Waals surface area contributed by atoms with E-state index < -0.39 is 0 Å². The van der Waals surface area contributed by atoms with E-state index in [-0.39, 0.29) is 0 Å². The molecule has 0 aromatic carbocycles. The molecule has 1 rings (SSSR count). The molecule has 0 fully saturated rings. The van der Waals surface area contributed by atoms with Gasteiger partial charge in [0.25, 0.3) is 0 Å². The van der Waals surface area contributed by atoms with E-state index >= 15 is 0 Å². The molecule has 0 radical (unpaired) electrons. The Kier molecular flexibility index (Phi) is 12.7. The van der Waals surface area contributed by atoms with Crippen molar-refractivity contribution in [3.05, 3.63) is 11.9 Å². The summed E-state index contributed by atoms with van der Waals surface area (Å²) in [7, 11) is 4.12. The van der Waals surface area contributed by atoms with Gasteiger partial charge in [-0.1, -0.05) is 34.6 Å². The lowest BCUT2D eigenvalue weighted by molar-refractivity contribution is 0.468. The van der Waals surface area contributed by atoms with Crippen LogP contribution in [-0.2, 0) is 20.6 Å². The quantitative estimate of drug-likeness (QED) is 0.766. The van der Waals surface area contributed by atoms with Crippen LogP contribution in [0, 0.1) is 0 Å². The van der Waals surface area contributed by atoms with Gasteiger partial charge in [-0.25, -0.2) is 0 Å². The molecule has 0 atom stereocenters. The van der Waals surface area contributed by atoms with Gasteiger partial charge in [-0.2, -0.15) is 0 Å². The second-order valence-corrected chi connectivity index (χ2v) is 2.89. The molecule has 3 heteroatoms. The Morgan fingerprint density at radius 1 is 1.13 bits per heavy atom. The lowest BCUT2D eigenvalue weighted by Crippen LogP contribution is -2.25. The predicted molar refractivity (Wildman–Crippen MR) is 69.1 cm³/mol. The van der Waals surface area contributed by atoms with Gasteiger partial charge in [-0.15, -0.1) is 0 Å². The summed E-state index contributed by atoms with van der Waals surface area (Å²) < 4.78 is 4.21. The van der Waals surface area contributed by atoms with Crippen molar-refractivity contribution in [2.24, 2.45) is 14.1 Å². The van der Waals surface area contributed by atoms with Crippen molar-refractivity contribution in [1.82, 2.24) is 14.7 Å².